The molecule has 17 heavy (non-hydrogen) atoms. The van der Waals surface area contributed by atoms with Crippen LogP contribution < -0.4 is 11.1 Å². The van der Waals surface area contributed by atoms with E-state index < -0.39 is 9.84 Å². The van der Waals surface area contributed by atoms with Crippen molar-refractivity contribution < 1.29 is 8.42 Å². The molecule has 1 atom stereocenters. The van der Waals surface area contributed by atoms with Gasteiger partial charge in [0.25, 0.3) is 0 Å². The molecule has 94 valence electrons. The van der Waals surface area contributed by atoms with Crippen LogP contribution >= 0.6 is 0 Å². The molecule has 4 nitrogen and oxygen atoms in total. The van der Waals surface area contributed by atoms with Crippen LogP contribution in [-0.4, -0.2) is 26.5 Å². The van der Waals surface area contributed by atoms with Crippen molar-refractivity contribution in [3.05, 3.63) is 23.8 Å². The third kappa shape index (κ3) is 3.12. The zero-order valence-electron chi connectivity index (χ0n) is 9.94. The standard InChI is InChI=1S/C12H18N2O2S/c1-9-2-3-12(11(13)6-9)14-7-10-4-5-17(15,16)8-10/h2-3,6,10,14H,4-5,7-8,13H2,1H3. The van der Waals surface area contributed by atoms with Gasteiger partial charge in [-0.25, -0.2) is 8.42 Å². The lowest BCUT2D eigenvalue weighted by Gasteiger charge is -2.13. The van der Waals surface area contributed by atoms with Crippen LogP contribution in [0.25, 0.3) is 0 Å². The predicted octanol–water partition coefficient (Wildman–Crippen LogP) is 1.42. The summed E-state index contributed by atoms with van der Waals surface area (Å²) in [7, 11) is -2.79. The monoisotopic (exact) mass is 254 g/mol. The summed E-state index contributed by atoms with van der Waals surface area (Å²) in [6.45, 7) is 2.66. The first-order valence-corrected chi connectivity index (χ1v) is 7.59. The van der Waals surface area contributed by atoms with Gasteiger partial charge in [0.15, 0.2) is 9.84 Å². The van der Waals surface area contributed by atoms with Crippen molar-refractivity contribution in [1.29, 1.82) is 0 Å². The van der Waals surface area contributed by atoms with Gasteiger partial charge >= 0.3 is 0 Å². The topological polar surface area (TPSA) is 72.2 Å². The van der Waals surface area contributed by atoms with E-state index in [-0.39, 0.29) is 5.92 Å². The van der Waals surface area contributed by atoms with Crippen LogP contribution in [0.5, 0.6) is 0 Å². The molecule has 0 bridgehead atoms. The SMILES string of the molecule is Cc1ccc(NCC2CCS(=O)(=O)C2)c(N)c1. The largest absolute Gasteiger partial charge is 0.397 e. The van der Waals surface area contributed by atoms with Crippen molar-refractivity contribution in [1.82, 2.24) is 0 Å². The van der Waals surface area contributed by atoms with Gasteiger partial charge < -0.3 is 11.1 Å². The lowest BCUT2D eigenvalue weighted by Crippen LogP contribution is -2.16. The molecule has 0 radical (unpaired) electrons. The van der Waals surface area contributed by atoms with E-state index in [0.717, 1.165) is 17.7 Å². The van der Waals surface area contributed by atoms with E-state index in [1.54, 1.807) is 0 Å². The lowest BCUT2D eigenvalue weighted by molar-refractivity contribution is 0.596. The Kier molecular flexibility index (Phi) is 3.28. The van der Waals surface area contributed by atoms with Crippen LogP contribution in [-0.2, 0) is 9.84 Å². The summed E-state index contributed by atoms with van der Waals surface area (Å²) in [5.41, 5.74) is 8.60. The number of nitrogens with one attached hydrogen (secondary N) is 1. The molecular formula is C12H18N2O2S. The highest BCUT2D eigenvalue weighted by Gasteiger charge is 2.27. The zero-order valence-corrected chi connectivity index (χ0v) is 10.8. The fourth-order valence-corrected chi connectivity index (χ4v) is 3.99. The first-order valence-electron chi connectivity index (χ1n) is 5.77. The van der Waals surface area contributed by atoms with E-state index in [1.807, 2.05) is 25.1 Å². The van der Waals surface area contributed by atoms with Crippen molar-refractivity contribution in [2.45, 2.75) is 13.3 Å². The molecule has 1 aromatic rings. The minimum absolute atomic E-state index is 0.209. The molecule has 1 saturated heterocycles. The van der Waals surface area contributed by atoms with Crippen molar-refractivity contribution in [2.24, 2.45) is 5.92 Å². The molecule has 1 aromatic carbocycles. The van der Waals surface area contributed by atoms with Crippen molar-refractivity contribution in [2.75, 3.05) is 29.1 Å². The first-order chi connectivity index (χ1) is 7.96. The molecule has 0 aromatic heterocycles. The van der Waals surface area contributed by atoms with Crippen molar-refractivity contribution >= 4 is 21.2 Å². The lowest BCUT2D eigenvalue weighted by atomic mass is 10.1. The molecule has 2 rings (SSSR count). The second-order valence-electron chi connectivity index (χ2n) is 4.74. The average molecular weight is 254 g/mol. The van der Waals surface area contributed by atoms with Crippen LogP contribution in [0.1, 0.15) is 12.0 Å². The molecular weight excluding hydrogens is 236 g/mol. The summed E-state index contributed by atoms with van der Waals surface area (Å²) in [5.74, 6) is 0.829. The smallest absolute Gasteiger partial charge is 0.150 e. The van der Waals surface area contributed by atoms with E-state index in [1.165, 1.54) is 0 Å². The molecule has 0 spiro atoms. The van der Waals surface area contributed by atoms with Crippen LogP contribution in [0, 0.1) is 12.8 Å². The highest BCUT2D eigenvalue weighted by molar-refractivity contribution is 7.91. The van der Waals surface area contributed by atoms with Crippen LogP contribution in [0.2, 0.25) is 0 Å². The van der Waals surface area contributed by atoms with Gasteiger partial charge in [-0.05, 0) is 37.0 Å². The molecule has 1 aliphatic rings. The Bertz CT molecular complexity index is 511. The molecule has 0 amide bonds. The van der Waals surface area contributed by atoms with Gasteiger partial charge in [0, 0.05) is 6.54 Å². The Morgan fingerprint density at radius 1 is 1.47 bits per heavy atom. The molecule has 1 fully saturated rings. The predicted molar refractivity (Wildman–Crippen MR) is 70.8 cm³/mol. The van der Waals surface area contributed by atoms with Gasteiger partial charge in [-0.15, -0.1) is 0 Å². The fraction of sp³-hybridized carbons (Fsp3) is 0.500. The van der Waals surface area contributed by atoms with Crippen LogP contribution in [0.4, 0.5) is 11.4 Å². The van der Waals surface area contributed by atoms with Crippen LogP contribution in [0.3, 0.4) is 0 Å². The Balaban J connectivity index is 1.95. The minimum atomic E-state index is -2.79. The number of hydrogen-bond donors (Lipinski definition) is 2. The maximum atomic E-state index is 11.3. The summed E-state index contributed by atoms with van der Waals surface area (Å²) in [6.07, 6.45) is 0.751. The third-order valence-electron chi connectivity index (χ3n) is 3.11. The molecule has 3 N–H and O–H groups in total. The quantitative estimate of drug-likeness (QED) is 0.800. The van der Waals surface area contributed by atoms with Gasteiger partial charge in [-0.2, -0.15) is 0 Å². The summed E-state index contributed by atoms with van der Waals surface area (Å²) in [6, 6.07) is 5.84. The summed E-state index contributed by atoms with van der Waals surface area (Å²) in [5, 5.41) is 3.23. The minimum Gasteiger partial charge on any atom is -0.397 e. The zero-order chi connectivity index (χ0) is 12.5. The molecule has 1 unspecified atom stereocenters. The first kappa shape index (κ1) is 12.2. The highest BCUT2D eigenvalue weighted by Crippen LogP contribution is 2.22. The third-order valence-corrected chi connectivity index (χ3v) is 4.95. The van der Waals surface area contributed by atoms with Crippen molar-refractivity contribution in [3.8, 4) is 0 Å². The van der Waals surface area contributed by atoms with E-state index in [0.29, 0.717) is 23.7 Å². The number of benzene rings is 1. The van der Waals surface area contributed by atoms with Crippen LogP contribution in [0.15, 0.2) is 18.2 Å². The molecule has 1 aliphatic heterocycles. The Labute approximate surface area is 102 Å². The Morgan fingerprint density at radius 2 is 2.24 bits per heavy atom. The fourth-order valence-electron chi connectivity index (χ4n) is 2.13. The number of hydrogen-bond acceptors (Lipinski definition) is 4. The molecule has 0 aliphatic carbocycles. The Morgan fingerprint density at radius 3 is 2.82 bits per heavy atom. The maximum Gasteiger partial charge on any atom is 0.150 e. The Hall–Kier alpha value is -1.23. The van der Waals surface area contributed by atoms with Gasteiger partial charge in [0.05, 0.1) is 22.9 Å². The van der Waals surface area contributed by atoms with Crippen molar-refractivity contribution in [3.63, 3.8) is 0 Å². The number of nitrogens with two attached hydrogens (primary N) is 1. The van der Waals surface area contributed by atoms with E-state index >= 15 is 0 Å². The number of rotatable bonds is 3. The molecule has 1 heterocycles. The van der Waals surface area contributed by atoms with E-state index in [4.69, 9.17) is 5.73 Å². The maximum absolute atomic E-state index is 11.3. The van der Waals surface area contributed by atoms with Gasteiger partial charge in [0.1, 0.15) is 0 Å². The van der Waals surface area contributed by atoms with E-state index in [9.17, 15) is 8.42 Å². The number of aryl methyl sites for hydroxylation is 1. The van der Waals surface area contributed by atoms with Gasteiger partial charge in [-0.1, -0.05) is 6.07 Å². The summed E-state index contributed by atoms with van der Waals surface area (Å²) < 4.78 is 22.6. The summed E-state index contributed by atoms with van der Waals surface area (Å²) >= 11 is 0. The van der Waals surface area contributed by atoms with E-state index in [2.05, 4.69) is 5.32 Å². The highest BCUT2D eigenvalue weighted by atomic mass is 32.2. The molecule has 5 heteroatoms. The summed E-state index contributed by atoms with van der Waals surface area (Å²) in [4.78, 5) is 0. The van der Waals surface area contributed by atoms with Gasteiger partial charge in [0.2, 0.25) is 0 Å². The average Bonchev–Trinajstić information content (AvgIpc) is 2.57. The number of anilines is 2. The molecule has 0 saturated carbocycles. The number of sulfone groups is 1. The number of nitrogen functional groups attached to an aromatic ring is 1. The normalized spacial score (nSPS) is 22.5. The second-order valence-corrected chi connectivity index (χ2v) is 6.97. The second kappa shape index (κ2) is 4.56. The van der Waals surface area contributed by atoms with Gasteiger partial charge in [-0.3, -0.25) is 0 Å².